The topological polar surface area (TPSA) is 82.8 Å². The van der Waals surface area contributed by atoms with Crippen molar-refractivity contribution in [2.45, 2.75) is 4.90 Å². The lowest BCUT2D eigenvalue weighted by atomic mass is 10.3. The molecule has 5 nitrogen and oxygen atoms in total. The van der Waals surface area contributed by atoms with Crippen LogP contribution in [0.25, 0.3) is 0 Å². The van der Waals surface area contributed by atoms with Crippen LogP contribution in [0.2, 0.25) is 10.0 Å². The predicted molar refractivity (Wildman–Crippen MR) is 83.9 cm³/mol. The highest BCUT2D eigenvalue weighted by atomic mass is 79.9. The number of nitriles is 1. The fraction of sp³-hybridized carbons (Fsp3) is 0. The van der Waals surface area contributed by atoms with Crippen molar-refractivity contribution < 1.29 is 8.42 Å². The molecule has 2 rings (SSSR count). The lowest BCUT2D eigenvalue weighted by molar-refractivity contribution is 0.600. The summed E-state index contributed by atoms with van der Waals surface area (Å²) in [4.78, 5) is 3.46. The summed E-state index contributed by atoms with van der Waals surface area (Å²) in [6.07, 6.45) is 1.33. The molecule has 1 aromatic carbocycles. The molecule has 0 spiro atoms. The lowest BCUT2D eigenvalue weighted by Gasteiger charge is -2.12. The van der Waals surface area contributed by atoms with Gasteiger partial charge in [0.05, 0.1) is 15.7 Å². The van der Waals surface area contributed by atoms with Crippen LogP contribution in [0.1, 0.15) is 5.69 Å². The Morgan fingerprint density at radius 3 is 2.48 bits per heavy atom. The zero-order valence-electron chi connectivity index (χ0n) is 10.1. The summed E-state index contributed by atoms with van der Waals surface area (Å²) in [7, 11) is -4.03. The van der Waals surface area contributed by atoms with Crippen LogP contribution in [-0.4, -0.2) is 13.4 Å². The first-order chi connectivity index (χ1) is 9.85. The molecule has 1 aromatic heterocycles. The number of aromatic nitrogens is 1. The molecule has 0 bridgehead atoms. The van der Waals surface area contributed by atoms with Crippen LogP contribution in [0, 0.1) is 11.3 Å². The van der Waals surface area contributed by atoms with Gasteiger partial charge < -0.3 is 0 Å². The van der Waals surface area contributed by atoms with Gasteiger partial charge in [0.2, 0.25) is 0 Å². The van der Waals surface area contributed by atoms with Gasteiger partial charge >= 0.3 is 0 Å². The van der Waals surface area contributed by atoms with E-state index in [9.17, 15) is 8.42 Å². The molecule has 0 unspecified atom stereocenters. The molecule has 9 heteroatoms. The Morgan fingerprint density at radius 1 is 1.29 bits per heavy atom. The molecule has 0 saturated carbocycles. The highest BCUT2D eigenvalue weighted by Gasteiger charge is 2.22. The SMILES string of the molecule is N#Cc1ncccc1S(=O)(=O)Nc1c(Cl)cc(Br)cc1Cl. The fourth-order valence-electron chi connectivity index (χ4n) is 1.52. The highest BCUT2D eigenvalue weighted by Crippen LogP contribution is 2.35. The Labute approximate surface area is 139 Å². The minimum atomic E-state index is -4.03. The monoisotopic (exact) mass is 405 g/mol. The fourth-order valence-corrected chi connectivity index (χ4v) is 4.14. The van der Waals surface area contributed by atoms with E-state index >= 15 is 0 Å². The Balaban J connectivity index is 2.51. The van der Waals surface area contributed by atoms with E-state index in [-0.39, 0.29) is 26.3 Å². The van der Waals surface area contributed by atoms with Crippen LogP contribution in [0.3, 0.4) is 0 Å². The van der Waals surface area contributed by atoms with Gasteiger partial charge in [-0.15, -0.1) is 0 Å². The van der Waals surface area contributed by atoms with Crippen LogP contribution in [0.5, 0.6) is 0 Å². The molecule has 0 saturated heterocycles. The third-order valence-electron chi connectivity index (χ3n) is 2.41. The molecular weight excluding hydrogens is 401 g/mol. The largest absolute Gasteiger partial charge is 0.277 e. The molecule has 1 heterocycles. The Kier molecular flexibility index (Phi) is 4.74. The first-order valence-electron chi connectivity index (χ1n) is 5.37. The van der Waals surface area contributed by atoms with E-state index in [0.29, 0.717) is 4.47 Å². The van der Waals surface area contributed by atoms with Crippen LogP contribution in [0.4, 0.5) is 5.69 Å². The van der Waals surface area contributed by atoms with Crippen LogP contribution in [0.15, 0.2) is 39.8 Å². The quantitative estimate of drug-likeness (QED) is 0.839. The molecule has 21 heavy (non-hydrogen) atoms. The van der Waals surface area contributed by atoms with E-state index < -0.39 is 10.0 Å². The van der Waals surface area contributed by atoms with Crippen molar-refractivity contribution in [2.75, 3.05) is 4.72 Å². The summed E-state index contributed by atoms with van der Waals surface area (Å²) in [5, 5.41) is 9.18. The normalized spacial score (nSPS) is 11.0. The summed E-state index contributed by atoms with van der Waals surface area (Å²) in [6, 6.07) is 7.41. The number of anilines is 1. The minimum absolute atomic E-state index is 0.0364. The molecule has 2 aromatic rings. The minimum Gasteiger partial charge on any atom is -0.277 e. The van der Waals surface area contributed by atoms with Crippen LogP contribution >= 0.6 is 39.1 Å². The maximum atomic E-state index is 12.3. The first kappa shape index (κ1) is 16.0. The number of halogens is 3. The molecule has 0 aliphatic rings. The van der Waals surface area contributed by atoms with Gasteiger partial charge in [-0.2, -0.15) is 5.26 Å². The van der Waals surface area contributed by atoms with Gasteiger partial charge in [-0.1, -0.05) is 39.1 Å². The maximum absolute atomic E-state index is 12.3. The van der Waals surface area contributed by atoms with E-state index in [1.54, 1.807) is 6.07 Å². The summed E-state index contributed by atoms with van der Waals surface area (Å²) < 4.78 is 27.6. The van der Waals surface area contributed by atoms with Crippen molar-refractivity contribution in [2.24, 2.45) is 0 Å². The van der Waals surface area contributed by atoms with E-state index in [1.165, 1.54) is 30.5 Å². The molecular formula is C12H6BrCl2N3O2S. The second-order valence-electron chi connectivity index (χ2n) is 3.81. The Morgan fingerprint density at radius 2 is 1.90 bits per heavy atom. The summed E-state index contributed by atoms with van der Waals surface area (Å²) in [5.41, 5.74) is -0.177. The van der Waals surface area contributed by atoms with Gasteiger partial charge in [-0.05, 0) is 24.3 Å². The molecule has 0 radical (unpaired) electrons. The molecule has 1 N–H and O–H groups in total. The first-order valence-corrected chi connectivity index (χ1v) is 8.41. The second-order valence-corrected chi connectivity index (χ2v) is 7.19. The molecule has 108 valence electrons. The number of hydrogen-bond donors (Lipinski definition) is 1. The number of hydrogen-bond acceptors (Lipinski definition) is 4. The van der Waals surface area contributed by atoms with Gasteiger partial charge in [0.15, 0.2) is 5.69 Å². The standard InChI is InChI=1S/C12H6BrCl2N3O2S/c13-7-4-8(14)12(9(15)5-7)18-21(19,20)11-2-1-3-17-10(11)6-16/h1-5,18H. The lowest BCUT2D eigenvalue weighted by Crippen LogP contribution is -2.15. The van der Waals surface area contributed by atoms with Gasteiger partial charge in [-0.25, -0.2) is 13.4 Å². The third kappa shape index (κ3) is 3.47. The van der Waals surface area contributed by atoms with Gasteiger partial charge in [0, 0.05) is 10.7 Å². The van der Waals surface area contributed by atoms with E-state index in [4.69, 9.17) is 28.5 Å². The Hall–Kier alpha value is -1.33. The van der Waals surface area contributed by atoms with Crippen molar-refractivity contribution in [3.8, 4) is 6.07 Å². The number of nitrogens with zero attached hydrogens (tertiary/aromatic N) is 2. The van der Waals surface area contributed by atoms with Crippen LogP contribution in [-0.2, 0) is 10.0 Å². The zero-order chi connectivity index (χ0) is 15.6. The molecule has 0 aliphatic heterocycles. The number of nitrogens with one attached hydrogen (secondary N) is 1. The summed E-state index contributed by atoms with van der Waals surface area (Å²) >= 11 is 15.2. The van der Waals surface area contributed by atoms with E-state index in [2.05, 4.69) is 25.6 Å². The summed E-state index contributed by atoms with van der Waals surface area (Å²) in [6.45, 7) is 0. The number of sulfonamides is 1. The zero-order valence-corrected chi connectivity index (χ0v) is 14.1. The van der Waals surface area contributed by atoms with E-state index in [0.717, 1.165) is 0 Å². The van der Waals surface area contributed by atoms with Crippen molar-refractivity contribution in [3.63, 3.8) is 0 Å². The maximum Gasteiger partial charge on any atom is 0.264 e. The molecule has 0 aliphatic carbocycles. The smallest absolute Gasteiger partial charge is 0.264 e. The number of benzene rings is 1. The van der Waals surface area contributed by atoms with E-state index in [1.807, 2.05) is 0 Å². The Bertz CT molecular complexity index is 827. The average molecular weight is 407 g/mol. The van der Waals surface area contributed by atoms with Crippen molar-refractivity contribution in [1.29, 1.82) is 5.26 Å². The van der Waals surface area contributed by atoms with Crippen molar-refractivity contribution in [1.82, 2.24) is 4.98 Å². The molecule has 0 atom stereocenters. The van der Waals surface area contributed by atoms with Crippen molar-refractivity contribution >= 4 is 54.8 Å². The van der Waals surface area contributed by atoms with Gasteiger partial charge in [-0.3, -0.25) is 4.72 Å². The van der Waals surface area contributed by atoms with Crippen LogP contribution < -0.4 is 4.72 Å². The molecule has 0 amide bonds. The molecule has 0 fully saturated rings. The average Bonchev–Trinajstić information content (AvgIpc) is 2.43. The van der Waals surface area contributed by atoms with Gasteiger partial charge in [0.1, 0.15) is 11.0 Å². The second kappa shape index (κ2) is 6.20. The van der Waals surface area contributed by atoms with Crippen molar-refractivity contribution in [3.05, 3.63) is 50.7 Å². The number of rotatable bonds is 3. The van der Waals surface area contributed by atoms with Gasteiger partial charge in [0.25, 0.3) is 10.0 Å². The third-order valence-corrected chi connectivity index (χ3v) is 4.84. The number of pyridine rings is 1. The highest BCUT2D eigenvalue weighted by molar-refractivity contribution is 9.10. The predicted octanol–water partition coefficient (Wildman–Crippen LogP) is 3.82. The summed E-state index contributed by atoms with van der Waals surface area (Å²) in [5.74, 6) is 0.